The predicted octanol–water partition coefficient (Wildman–Crippen LogP) is 5.14. The SMILES string of the molecule is COc1ccc(OC)c2sc(N(CCN(C)C)C(=O)C(C)(C)Oc3ccc(Cl)cc3)nc12.Cl. The van der Waals surface area contributed by atoms with Crippen LogP contribution in [-0.4, -0.2) is 62.8 Å². The molecule has 0 aliphatic heterocycles. The number of thiazole rings is 1. The number of carbonyl (C=O) groups is 1. The highest BCUT2D eigenvalue weighted by Crippen LogP contribution is 2.40. The van der Waals surface area contributed by atoms with Crippen LogP contribution in [0, 0.1) is 0 Å². The van der Waals surface area contributed by atoms with Crippen molar-refractivity contribution in [3.63, 3.8) is 0 Å². The van der Waals surface area contributed by atoms with Crippen molar-refractivity contribution in [2.45, 2.75) is 19.4 Å². The van der Waals surface area contributed by atoms with Crippen molar-refractivity contribution in [2.24, 2.45) is 0 Å². The molecule has 0 unspecified atom stereocenters. The maximum Gasteiger partial charge on any atom is 0.272 e. The van der Waals surface area contributed by atoms with Gasteiger partial charge in [0.15, 0.2) is 10.7 Å². The molecule has 0 N–H and O–H groups in total. The van der Waals surface area contributed by atoms with E-state index >= 15 is 0 Å². The summed E-state index contributed by atoms with van der Waals surface area (Å²) >= 11 is 7.36. The summed E-state index contributed by atoms with van der Waals surface area (Å²) in [7, 11) is 7.13. The van der Waals surface area contributed by atoms with Crippen LogP contribution in [-0.2, 0) is 4.79 Å². The molecule has 1 aromatic heterocycles. The van der Waals surface area contributed by atoms with Crippen molar-refractivity contribution in [1.29, 1.82) is 0 Å². The van der Waals surface area contributed by atoms with Gasteiger partial charge in [-0.3, -0.25) is 9.69 Å². The lowest BCUT2D eigenvalue weighted by Gasteiger charge is -2.31. The Hall–Kier alpha value is -2.26. The van der Waals surface area contributed by atoms with E-state index in [9.17, 15) is 4.79 Å². The number of carbonyl (C=O) groups excluding carboxylic acids is 1. The van der Waals surface area contributed by atoms with Crippen molar-refractivity contribution < 1.29 is 19.0 Å². The van der Waals surface area contributed by atoms with E-state index in [1.807, 2.05) is 31.1 Å². The Morgan fingerprint density at radius 3 is 2.21 bits per heavy atom. The molecule has 0 saturated heterocycles. The second-order valence-corrected chi connectivity index (χ2v) is 9.38. The van der Waals surface area contributed by atoms with Gasteiger partial charge in [-0.05, 0) is 64.3 Å². The second kappa shape index (κ2) is 11.2. The number of likely N-dealkylation sites (N-methyl/N-ethyl adjacent to an activating group) is 1. The van der Waals surface area contributed by atoms with Gasteiger partial charge in [-0.1, -0.05) is 22.9 Å². The maximum atomic E-state index is 13.7. The van der Waals surface area contributed by atoms with Crippen molar-refractivity contribution in [3.05, 3.63) is 41.4 Å². The fourth-order valence-electron chi connectivity index (χ4n) is 3.14. The molecule has 10 heteroatoms. The first-order valence-electron chi connectivity index (χ1n) is 10.1. The van der Waals surface area contributed by atoms with Gasteiger partial charge >= 0.3 is 0 Å². The van der Waals surface area contributed by atoms with Crippen LogP contribution in [0.2, 0.25) is 5.02 Å². The quantitative estimate of drug-likeness (QED) is 0.394. The number of hydrogen-bond donors (Lipinski definition) is 0. The van der Waals surface area contributed by atoms with Crippen LogP contribution < -0.4 is 19.1 Å². The summed E-state index contributed by atoms with van der Waals surface area (Å²) in [6.45, 7) is 4.61. The molecule has 7 nitrogen and oxygen atoms in total. The van der Waals surface area contributed by atoms with Gasteiger partial charge in [0.25, 0.3) is 5.91 Å². The molecule has 0 radical (unpaired) electrons. The third kappa shape index (κ3) is 6.20. The Morgan fingerprint density at radius 2 is 1.64 bits per heavy atom. The molecule has 33 heavy (non-hydrogen) atoms. The van der Waals surface area contributed by atoms with Crippen molar-refractivity contribution in [3.8, 4) is 17.2 Å². The number of methoxy groups -OCH3 is 2. The summed E-state index contributed by atoms with van der Waals surface area (Å²) in [4.78, 5) is 22.1. The molecule has 2 aromatic carbocycles. The normalized spacial score (nSPS) is 11.3. The number of nitrogens with zero attached hydrogens (tertiary/aromatic N) is 3. The van der Waals surface area contributed by atoms with Gasteiger partial charge in [-0.25, -0.2) is 4.98 Å². The minimum absolute atomic E-state index is 0. The van der Waals surface area contributed by atoms with E-state index in [1.54, 1.807) is 57.2 Å². The van der Waals surface area contributed by atoms with E-state index in [4.69, 9.17) is 30.8 Å². The number of hydrogen-bond acceptors (Lipinski definition) is 7. The molecule has 180 valence electrons. The third-order valence-electron chi connectivity index (χ3n) is 4.85. The van der Waals surface area contributed by atoms with E-state index in [0.29, 0.717) is 46.0 Å². The Bertz CT molecular complexity index is 1050. The zero-order valence-electron chi connectivity index (χ0n) is 19.5. The van der Waals surface area contributed by atoms with E-state index < -0.39 is 5.60 Å². The highest BCUT2D eigenvalue weighted by atomic mass is 35.5. The summed E-state index contributed by atoms with van der Waals surface area (Å²) in [5.74, 6) is 1.67. The molecule has 0 bridgehead atoms. The summed E-state index contributed by atoms with van der Waals surface area (Å²) in [5.41, 5.74) is -0.475. The summed E-state index contributed by atoms with van der Waals surface area (Å²) in [5, 5.41) is 1.16. The van der Waals surface area contributed by atoms with Gasteiger partial charge in [0.2, 0.25) is 0 Å². The Labute approximate surface area is 209 Å². The first kappa shape index (κ1) is 27.0. The van der Waals surface area contributed by atoms with Crippen molar-refractivity contribution in [2.75, 3.05) is 46.3 Å². The van der Waals surface area contributed by atoms with Crippen LogP contribution in [0.4, 0.5) is 5.13 Å². The molecule has 0 spiro atoms. The summed E-state index contributed by atoms with van der Waals surface area (Å²) in [6.07, 6.45) is 0. The molecule has 0 aliphatic carbocycles. The molecule has 0 saturated carbocycles. The zero-order chi connectivity index (χ0) is 23.5. The van der Waals surface area contributed by atoms with Gasteiger partial charge in [0.05, 0.1) is 14.2 Å². The van der Waals surface area contributed by atoms with E-state index in [1.165, 1.54) is 11.3 Å². The number of halogens is 2. The van der Waals surface area contributed by atoms with Gasteiger partial charge in [-0.15, -0.1) is 12.4 Å². The fourth-order valence-corrected chi connectivity index (χ4v) is 4.36. The van der Waals surface area contributed by atoms with Crippen molar-refractivity contribution >= 4 is 56.6 Å². The molecule has 3 rings (SSSR count). The smallest absolute Gasteiger partial charge is 0.272 e. The summed E-state index contributed by atoms with van der Waals surface area (Å²) in [6, 6.07) is 10.6. The topological polar surface area (TPSA) is 64.1 Å². The molecule has 3 aromatic rings. The van der Waals surface area contributed by atoms with Crippen LogP contribution in [0.3, 0.4) is 0 Å². The van der Waals surface area contributed by atoms with Crippen LogP contribution in [0.15, 0.2) is 36.4 Å². The highest BCUT2D eigenvalue weighted by Gasteiger charge is 2.36. The molecule has 0 atom stereocenters. The number of aromatic nitrogens is 1. The largest absolute Gasteiger partial charge is 0.495 e. The number of amides is 1. The fraction of sp³-hybridized carbons (Fsp3) is 0.391. The lowest BCUT2D eigenvalue weighted by Crippen LogP contribution is -2.50. The Kier molecular flexibility index (Phi) is 9.20. The maximum absolute atomic E-state index is 13.7. The van der Waals surface area contributed by atoms with Crippen LogP contribution >= 0.6 is 35.3 Å². The molecular formula is C23H29Cl2N3O4S. The Morgan fingerprint density at radius 1 is 1.03 bits per heavy atom. The molecule has 1 heterocycles. The van der Waals surface area contributed by atoms with Crippen molar-refractivity contribution in [1.82, 2.24) is 9.88 Å². The highest BCUT2D eigenvalue weighted by molar-refractivity contribution is 7.22. The average molecular weight is 514 g/mol. The first-order chi connectivity index (χ1) is 15.2. The van der Waals surface area contributed by atoms with Crippen LogP contribution in [0.1, 0.15) is 13.8 Å². The predicted molar refractivity (Wildman–Crippen MR) is 137 cm³/mol. The second-order valence-electron chi connectivity index (χ2n) is 7.97. The van der Waals surface area contributed by atoms with Gasteiger partial charge in [-0.2, -0.15) is 0 Å². The molecule has 0 fully saturated rings. The van der Waals surface area contributed by atoms with E-state index in [0.717, 1.165) is 4.70 Å². The number of fused-ring (bicyclic) bond motifs is 1. The molecule has 1 amide bonds. The molecular weight excluding hydrogens is 485 g/mol. The monoisotopic (exact) mass is 513 g/mol. The van der Waals surface area contributed by atoms with Gasteiger partial charge in [0, 0.05) is 18.1 Å². The van der Waals surface area contributed by atoms with Crippen LogP contribution in [0.25, 0.3) is 10.2 Å². The zero-order valence-corrected chi connectivity index (χ0v) is 21.9. The number of benzene rings is 2. The lowest BCUT2D eigenvalue weighted by molar-refractivity contribution is -0.131. The minimum atomic E-state index is -1.13. The average Bonchev–Trinajstić information content (AvgIpc) is 3.19. The number of ether oxygens (including phenoxy) is 3. The van der Waals surface area contributed by atoms with E-state index in [-0.39, 0.29) is 18.3 Å². The van der Waals surface area contributed by atoms with Gasteiger partial charge in [0.1, 0.15) is 27.5 Å². The number of rotatable bonds is 9. The Balaban J connectivity index is 0.00000385. The minimum Gasteiger partial charge on any atom is -0.495 e. The number of anilines is 1. The summed E-state index contributed by atoms with van der Waals surface area (Å²) < 4.78 is 17.9. The standard InChI is InChI=1S/C23H28ClN3O4S.ClH/c1-23(2,31-16-9-7-15(24)8-10-16)21(28)27(14-13-26(3)4)22-25-19-17(29-5)11-12-18(30-6)20(19)32-22;/h7-12H,13-14H2,1-6H3;1H. The lowest BCUT2D eigenvalue weighted by atomic mass is 10.1. The first-order valence-corrected chi connectivity index (χ1v) is 11.3. The van der Waals surface area contributed by atoms with Crippen LogP contribution in [0.5, 0.6) is 17.2 Å². The van der Waals surface area contributed by atoms with Gasteiger partial charge < -0.3 is 19.1 Å². The van der Waals surface area contributed by atoms with E-state index in [2.05, 4.69) is 0 Å². The third-order valence-corrected chi connectivity index (χ3v) is 6.19. The molecule has 0 aliphatic rings.